The second kappa shape index (κ2) is 5.37. The van der Waals surface area contributed by atoms with E-state index in [1.807, 2.05) is 18.2 Å². The summed E-state index contributed by atoms with van der Waals surface area (Å²) in [5.41, 5.74) is 1.21. The molecule has 126 valence electrons. The Morgan fingerprint density at radius 3 is 2.36 bits per heavy atom. The average Bonchev–Trinajstić information content (AvgIpc) is 3.39. The maximum Gasteiger partial charge on any atom is 0.258 e. The van der Waals surface area contributed by atoms with Crippen LogP contribution in [0.5, 0.6) is 0 Å². The van der Waals surface area contributed by atoms with E-state index in [0.29, 0.717) is 12.2 Å². The Labute approximate surface area is 144 Å². The molecule has 1 aliphatic heterocycles. The van der Waals surface area contributed by atoms with Crippen molar-refractivity contribution in [3.05, 3.63) is 53.9 Å². The third-order valence-electron chi connectivity index (χ3n) is 5.68. The number of anilines is 1. The Morgan fingerprint density at radius 1 is 1.00 bits per heavy atom. The van der Waals surface area contributed by atoms with E-state index in [0.717, 1.165) is 12.8 Å². The van der Waals surface area contributed by atoms with Crippen LogP contribution in [0.25, 0.3) is 0 Å². The molecule has 2 fully saturated rings. The molecule has 1 aromatic carbocycles. The number of carbonyl (C=O) groups is 2. The van der Waals surface area contributed by atoms with Gasteiger partial charge in [0, 0.05) is 6.42 Å². The molecule has 2 amide bonds. The van der Waals surface area contributed by atoms with Crippen molar-refractivity contribution < 1.29 is 9.59 Å². The lowest BCUT2D eigenvalue weighted by atomic mass is 9.85. The number of H-pyrrole nitrogens is 1. The van der Waals surface area contributed by atoms with Crippen LogP contribution in [0.3, 0.4) is 0 Å². The normalized spacial score (nSPS) is 29.7. The first-order chi connectivity index (χ1) is 12.2. The third kappa shape index (κ3) is 2.17. The number of nitrogens with one attached hydrogen (secondary N) is 1. The topological polar surface area (TPSA) is 79.0 Å². The van der Waals surface area contributed by atoms with Crippen molar-refractivity contribution in [1.82, 2.24) is 15.2 Å². The Kier molecular flexibility index (Phi) is 3.13. The zero-order valence-electron chi connectivity index (χ0n) is 13.6. The molecular weight excluding hydrogens is 316 g/mol. The lowest BCUT2D eigenvalue weighted by molar-refractivity contribution is -0.123. The minimum absolute atomic E-state index is 0.138. The SMILES string of the molecule is O=C1[C@H]2[C@H](C(=O)N1c1n[nH]c(CCc3ccccc3)n1)[C@H]1C=C[C@H]2C1. The van der Waals surface area contributed by atoms with Gasteiger partial charge in [-0.2, -0.15) is 4.98 Å². The number of fused-ring (bicyclic) bond motifs is 5. The first-order valence-electron chi connectivity index (χ1n) is 8.74. The van der Waals surface area contributed by atoms with Crippen LogP contribution in [0.1, 0.15) is 17.8 Å². The molecule has 2 heterocycles. The van der Waals surface area contributed by atoms with E-state index >= 15 is 0 Å². The fourth-order valence-electron chi connectivity index (χ4n) is 4.50. The summed E-state index contributed by atoms with van der Waals surface area (Å²) < 4.78 is 0. The minimum atomic E-state index is -0.214. The highest BCUT2D eigenvalue weighted by molar-refractivity contribution is 6.21. The maximum atomic E-state index is 12.8. The number of rotatable bonds is 4. The van der Waals surface area contributed by atoms with Gasteiger partial charge in [-0.1, -0.05) is 42.5 Å². The molecule has 1 aromatic heterocycles. The molecule has 3 aliphatic rings. The van der Waals surface area contributed by atoms with Gasteiger partial charge in [-0.15, -0.1) is 5.10 Å². The molecule has 0 spiro atoms. The van der Waals surface area contributed by atoms with Crippen LogP contribution in [-0.2, 0) is 22.4 Å². The highest BCUT2D eigenvalue weighted by Crippen LogP contribution is 2.52. The van der Waals surface area contributed by atoms with E-state index in [2.05, 4.69) is 39.5 Å². The van der Waals surface area contributed by atoms with Gasteiger partial charge in [0.25, 0.3) is 5.95 Å². The van der Waals surface area contributed by atoms with Crippen LogP contribution >= 0.6 is 0 Å². The summed E-state index contributed by atoms with van der Waals surface area (Å²) >= 11 is 0. The van der Waals surface area contributed by atoms with Crippen LogP contribution in [0.4, 0.5) is 5.95 Å². The molecule has 6 nitrogen and oxygen atoms in total. The van der Waals surface area contributed by atoms with Gasteiger partial charge in [-0.25, -0.2) is 4.90 Å². The number of allylic oxidation sites excluding steroid dienone is 2. The number of hydrogen-bond donors (Lipinski definition) is 1. The number of aromatic nitrogens is 3. The van der Waals surface area contributed by atoms with Crippen LogP contribution < -0.4 is 4.90 Å². The van der Waals surface area contributed by atoms with Crippen LogP contribution in [-0.4, -0.2) is 27.0 Å². The molecule has 2 aromatic rings. The van der Waals surface area contributed by atoms with Crippen molar-refractivity contribution in [3.63, 3.8) is 0 Å². The monoisotopic (exact) mass is 334 g/mol. The van der Waals surface area contributed by atoms with Gasteiger partial charge >= 0.3 is 0 Å². The number of hydrogen-bond acceptors (Lipinski definition) is 4. The van der Waals surface area contributed by atoms with Gasteiger partial charge in [-0.05, 0) is 30.2 Å². The first kappa shape index (κ1) is 14.6. The second-order valence-corrected chi connectivity index (χ2v) is 7.08. The largest absolute Gasteiger partial charge is 0.274 e. The molecule has 0 unspecified atom stereocenters. The molecule has 0 radical (unpaired) electrons. The quantitative estimate of drug-likeness (QED) is 0.684. The molecule has 2 bridgehead atoms. The molecule has 2 aliphatic carbocycles. The highest BCUT2D eigenvalue weighted by Gasteiger charge is 2.60. The Morgan fingerprint density at radius 2 is 1.68 bits per heavy atom. The predicted molar refractivity (Wildman–Crippen MR) is 90.4 cm³/mol. The number of aromatic amines is 1. The Bertz CT molecular complexity index is 843. The maximum absolute atomic E-state index is 12.8. The van der Waals surface area contributed by atoms with Crippen LogP contribution in [0.2, 0.25) is 0 Å². The summed E-state index contributed by atoms with van der Waals surface area (Å²) in [6.45, 7) is 0. The average molecular weight is 334 g/mol. The lowest BCUT2D eigenvalue weighted by Gasteiger charge is -2.14. The first-order valence-corrected chi connectivity index (χ1v) is 8.74. The summed E-state index contributed by atoms with van der Waals surface area (Å²) in [6.07, 6.45) is 6.62. The van der Waals surface area contributed by atoms with E-state index in [9.17, 15) is 9.59 Å². The van der Waals surface area contributed by atoms with E-state index in [4.69, 9.17) is 0 Å². The third-order valence-corrected chi connectivity index (χ3v) is 5.68. The summed E-state index contributed by atoms with van der Waals surface area (Å²) in [5, 5.41) is 7.01. The molecule has 1 N–H and O–H groups in total. The van der Waals surface area contributed by atoms with Crippen LogP contribution in [0.15, 0.2) is 42.5 Å². The number of nitrogens with zero attached hydrogens (tertiary/aromatic N) is 3. The molecule has 25 heavy (non-hydrogen) atoms. The minimum Gasteiger partial charge on any atom is -0.274 e. The lowest BCUT2D eigenvalue weighted by Crippen LogP contribution is -2.33. The molecule has 1 saturated heterocycles. The summed E-state index contributed by atoms with van der Waals surface area (Å²) in [7, 11) is 0. The van der Waals surface area contributed by atoms with Crippen molar-refractivity contribution in [1.29, 1.82) is 0 Å². The zero-order valence-corrected chi connectivity index (χ0v) is 13.6. The summed E-state index contributed by atoms with van der Waals surface area (Å²) in [5.74, 6) is 0.591. The Hall–Kier alpha value is -2.76. The highest BCUT2D eigenvalue weighted by atomic mass is 16.2. The van der Waals surface area contributed by atoms with Gasteiger partial charge in [-0.3, -0.25) is 14.7 Å². The number of aryl methyl sites for hydroxylation is 2. The van der Waals surface area contributed by atoms with Gasteiger partial charge < -0.3 is 0 Å². The molecular formula is C19H18N4O2. The van der Waals surface area contributed by atoms with E-state index in [-0.39, 0.29) is 41.4 Å². The predicted octanol–water partition coefficient (Wildman–Crippen LogP) is 1.90. The number of amides is 2. The van der Waals surface area contributed by atoms with Gasteiger partial charge in [0.2, 0.25) is 11.8 Å². The van der Waals surface area contributed by atoms with Gasteiger partial charge in [0.05, 0.1) is 11.8 Å². The summed E-state index contributed by atoms with van der Waals surface area (Å²) in [4.78, 5) is 31.1. The molecule has 6 heteroatoms. The second-order valence-electron chi connectivity index (χ2n) is 7.08. The summed E-state index contributed by atoms with van der Waals surface area (Å²) in [6, 6.07) is 10.1. The van der Waals surface area contributed by atoms with Crippen LogP contribution in [0, 0.1) is 23.7 Å². The Balaban J connectivity index is 1.34. The van der Waals surface area contributed by atoms with Crippen molar-refractivity contribution in [3.8, 4) is 0 Å². The molecule has 4 atom stereocenters. The van der Waals surface area contributed by atoms with Gasteiger partial charge in [0.1, 0.15) is 5.82 Å². The smallest absolute Gasteiger partial charge is 0.258 e. The zero-order chi connectivity index (χ0) is 17.0. The van der Waals surface area contributed by atoms with E-state index in [1.165, 1.54) is 10.5 Å². The number of carbonyl (C=O) groups excluding carboxylic acids is 2. The molecule has 1 saturated carbocycles. The molecule has 5 rings (SSSR count). The van der Waals surface area contributed by atoms with Crippen molar-refractivity contribution >= 4 is 17.8 Å². The number of imide groups is 1. The van der Waals surface area contributed by atoms with E-state index in [1.54, 1.807) is 0 Å². The van der Waals surface area contributed by atoms with Crippen molar-refractivity contribution in [2.24, 2.45) is 23.7 Å². The fourth-order valence-corrected chi connectivity index (χ4v) is 4.50. The van der Waals surface area contributed by atoms with Crippen molar-refractivity contribution in [2.75, 3.05) is 4.90 Å². The number of benzene rings is 1. The fraction of sp³-hybridized carbons (Fsp3) is 0.368. The van der Waals surface area contributed by atoms with E-state index < -0.39 is 0 Å². The standard InChI is InChI=1S/C19H18N4O2/c24-17-15-12-7-8-13(10-12)16(15)18(25)23(17)19-20-14(21-22-19)9-6-11-4-2-1-3-5-11/h1-5,7-8,12-13,15-16H,6,9-10H2,(H,20,21,22)/t12-,13-,15+,16+/m0/s1. The van der Waals surface area contributed by atoms with Crippen molar-refractivity contribution in [2.45, 2.75) is 19.3 Å². The van der Waals surface area contributed by atoms with Gasteiger partial charge in [0.15, 0.2) is 0 Å².